The summed E-state index contributed by atoms with van der Waals surface area (Å²) in [7, 11) is 0. The van der Waals surface area contributed by atoms with Crippen molar-refractivity contribution in [3.63, 3.8) is 0 Å². The first-order valence-corrected chi connectivity index (χ1v) is 5.79. The van der Waals surface area contributed by atoms with Crippen molar-refractivity contribution < 1.29 is 13.2 Å². The molecule has 18 heavy (non-hydrogen) atoms. The van der Waals surface area contributed by atoms with Crippen molar-refractivity contribution in [1.29, 1.82) is 0 Å². The first-order valence-electron chi connectivity index (χ1n) is 5.79. The molecule has 0 spiro atoms. The smallest absolute Gasteiger partial charge is 0.347 e. The summed E-state index contributed by atoms with van der Waals surface area (Å²) in [4.78, 5) is 9.25. The maximum Gasteiger partial charge on any atom is 0.405 e. The molecule has 4 nitrogen and oxygen atoms in total. The zero-order valence-corrected chi connectivity index (χ0v) is 10.5. The highest BCUT2D eigenvalue weighted by Gasteiger charge is 2.30. The number of alkyl halides is 3. The second-order valence-electron chi connectivity index (χ2n) is 3.78. The third kappa shape index (κ3) is 4.87. The molecule has 102 valence electrons. The van der Waals surface area contributed by atoms with Crippen molar-refractivity contribution in [2.24, 2.45) is 0 Å². The molecule has 1 aromatic heterocycles. The van der Waals surface area contributed by atoms with Gasteiger partial charge < -0.3 is 10.2 Å². The lowest BCUT2D eigenvalue weighted by Crippen LogP contribution is -2.35. The van der Waals surface area contributed by atoms with Gasteiger partial charge in [0.2, 0.25) is 0 Å². The highest BCUT2D eigenvalue weighted by molar-refractivity contribution is 5.36. The van der Waals surface area contributed by atoms with Gasteiger partial charge in [0.15, 0.2) is 0 Å². The van der Waals surface area contributed by atoms with Crippen LogP contribution in [0, 0.1) is 0 Å². The summed E-state index contributed by atoms with van der Waals surface area (Å²) < 4.78 is 37.1. The lowest BCUT2D eigenvalue weighted by Gasteiger charge is -2.23. The summed E-state index contributed by atoms with van der Waals surface area (Å²) in [6, 6.07) is 0. The summed E-state index contributed by atoms with van der Waals surface area (Å²) in [6.45, 7) is 4.10. The molecule has 1 rings (SSSR count). The second kappa shape index (κ2) is 6.53. The molecule has 0 saturated carbocycles. The van der Waals surface area contributed by atoms with E-state index in [9.17, 15) is 13.2 Å². The number of nitrogens with zero attached hydrogens (tertiary/aromatic N) is 3. The Bertz CT molecular complexity index is 368. The van der Waals surface area contributed by atoms with Crippen LogP contribution in [0.5, 0.6) is 0 Å². The number of hydrogen-bond donors (Lipinski definition) is 1. The fourth-order valence-electron chi connectivity index (χ4n) is 1.46. The zero-order chi connectivity index (χ0) is 13.6. The van der Waals surface area contributed by atoms with Gasteiger partial charge in [0.05, 0.1) is 11.9 Å². The SMILES string of the molecule is CCNCc1cncc(N(CC)CC(F)(F)F)n1. The van der Waals surface area contributed by atoms with Gasteiger partial charge in [-0.25, -0.2) is 4.98 Å². The summed E-state index contributed by atoms with van der Waals surface area (Å²) in [5.41, 5.74) is 0.634. The van der Waals surface area contributed by atoms with Crippen LogP contribution in [0.15, 0.2) is 12.4 Å². The third-order valence-electron chi connectivity index (χ3n) is 2.30. The average molecular weight is 262 g/mol. The Hall–Kier alpha value is -1.37. The minimum atomic E-state index is -4.24. The van der Waals surface area contributed by atoms with Crippen LogP contribution >= 0.6 is 0 Å². The molecule has 0 aliphatic rings. The molecule has 0 aliphatic carbocycles. The van der Waals surface area contributed by atoms with E-state index in [1.165, 1.54) is 6.20 Å². The first-order chi connectivity index (χ1) is 8.46. The average Bonchev–Trinajstić information content (AvgIpc) is 2.32. The molecule has 0 amide bonds. The van der Waals surface area contributed by atoms with E-state index in [-0.39, 0.29) is 12.4 Å². The van der Waals surface area contributed by atoms with Crippen molar-refractivity contribution >= 4 is 5.82 Å². The summed E-state index contributed by atoms with van der Waals surface area (Å²) in [5.74, 6) is 0.255. The molecular formula is C11H17F3N4. The Morgan fingerprint density at radius 1 is 1.28 bits per heavy atom. The van der Waals surface area contributed by atoms with Gasteiger partial charge in [-0.3, -0.25) is 4.98 Å². The lowest BCUT2D eigenvalue weighted by molar-refractivity contribution is -0.119. The molecule has 1 heterocycles. The van der Waals surface area contributed by atoms with E-state index >= 15 is 0 Å². The number of aromatic nitrogens is 2. The number of rotatable bonds is 6. The van der Waals surface area contributed by atoms with E-state index in [0.29, 0.717) is 12.2 Å². The normalized spacial score (nSPS) is 11.6. The van der Waals surface area contributed by atoms with Gasteiger partial charge in [-0.1, -0.05) is 6.92 Å². The van der Waals surface area contributed by atoms with Gasteiger partial charge in [-0.2, -0.15) is 13.2 Å². The molecule has 1 aromatic rings. The molecular weight excluding hydrogens is 245 g/mol. The lowest BCUT2D eigenvalue weighted by atomic mass is 10.4. The monoisotopic (exact) mass is 262 g/mol. The highest BCUT2D eigenvalue weighted by Crippen LogP contribution is 2.20. The van der Waals surface area contributed by atoms with E-state index in [0.717, 1.165) is 11.4 Å². The number of anilines is 1. The van der Waals surface area contributed by atoms with Gasteiger partial charge in [0.1, 0.15) is 12.4 Å². The predicted molar refractivity (Wildman–Crippen MR) is 63.4 cm³/mol. The van der Waals surface area contributed by atoms with Gasteiger partial charge in [0, 0.05) is 19.3 Å². The van der Waals surface area contributed by atoms with Crippen molar-refractivity contribution in [2.45, 2.75) is 26.6 Å². The van der Waals surface area contributed by atoms with Crippen LogP contribution in [0.4, 0.5) is 19.0 Å². The van der Waals surface area contributed by atoms with E-state index in [2.05, 4.69) is 15.3 Å². The maximum atomic E-state index is 12.4. The van der Waals surface area contributed by atoms with Gasteiger partial charge >= 0.3 is 6.18 Å². The van der Waals surface area contributed by atoms with Crippen molar-refractivity contribution in [1.82, 2.24) is 15.3 Å². The Kier molecular flexibility index (Phi) is 5.33. The molecule has 0 aromatic carbocycles. The maximum absolute atomic E-state index is 12.4. The van der Waals surface area contributed by atoms with Crippen LogP contribution in [0.25, 0.3) is 0 Å². The number of hydrogen-bond acceptors (Lipinski definition) is 4. The quantitative estimate of drug-likeness (QED) is 0.851. The van der Waals surface area contributed by atoms with E-state index in [4.69, 9.17) is 0 Å². The van der Waals surface area contributed by atoms with E-state index in [1.54, 1.807) is 13.1 Å². The van der Waals surface area contributed by atoms with Crippen LogP contribution < -0.4 is 10.2 Å². The van der Waals surface area contributed by atoms with Gasteiger partial charge in [0.25, 0.3) is 0 Å². The summed E-state index contributed by atoms with van der Waals surface area (Å²) in [5, 5.41) is 3.05. The largest absolute Gasteiger partial charge is 0.405 e. The molecule has 0 radical (unpaired) electrons. The van der Waals surface area contributed by atoms with Crippen molar-refractivity contribution in [2.75, 3.05) is 24.5 Å². The second-order valence-corrected chi connectivity index (χ2v) is 3.78. The highest BCUT2D eigenvalue weighted by atomic mass is 19.4. The number of halogens is 3. The van der Waals surface area contributed by atoms with Crippen LogP contribution in [-0.4, -0.2) is 35.8 Å². The molecule has 0 unspecified atom stereocenters. The molecule has 7 heteroatoms. The molecule has 0 fully saturated rings. The Labute approximate surface area is 104 Å². The first kappa shape index (κ1) is 14.7. The van der Waals surface area contributed by atoms with Crippen LogP contribution in [0.2, 0.25) is 0 Å². The minimum absolute atomic E-state index is 0.235. The van der Waals surface area contributed by atoms with E-state index in [1.807, 2.05) is 6.92 Å². The molecule has 0 aliphatic heterocycles. The van der Waals surface area contributed by atoms with Crippen molar-refractivity contribution in [3.8, 4) is 0 Å². The Morgan fingerprint density at radius 3 is 2.56 bits per heavy atom. The topological polar surface area (TPSA) is 41.1 Å². The van der Waals surface area contributed by atoms with Crippen LogP contribution in [-0.2, 0) is 6.54 Å². The molecule has 0 bridgehead atoms. The third-order valence-corrected chi connectivity index (χ3v) is 2.30. The molecule has 0 atom stereocenters. The fraction of sp³-hybridized carbons (Fsp3) is 0.636. The zero-order valence-electron chi connectivity index (χ0n) is 10.5. The van der Waals surface area contributed by atoms with Gasteiger partial charge in [-0.05, 0) is 13.5 Å². The fourth-order valence-corrected chi connectivity index (χ4v) is 1.46. The Morgan fingerprint density at radius 2 is 2.00 bits per heavy atom. The predicted octanol–water partition coefficient (Wildman–Crippen LogP) is 1.97. The summed E-state index contributed by atoms with van der Waals surface area (Å²) in [6.07, 6.45) is -1.34. The Balaban J connectivity index is 2.79. The number of nitrogens with one attached hydrogen (secondary N) is 1. The van der Waals surface area contributed by atoms with Gasteiger partial charge in [-0.15, -0.1) is 0 Å². The molecule has 1 N–H and O–H groups in total. The van der Waals surface area contributed by atoms with Crippen LogP contribution in [0.3, 0.4) is 0 Å². The van der Waals surface area contributed by atoms with Crippen molar-refractivity contribution in [3.05, 3.63) is 18.1 Å². The summed E-state index contributed by atoms with van der Waals surface area (Å²) >= 11 is 0. The standard InChI is InChI=1S/C11H17F3N4/c1-3-15-5-9-6-16-7-10(17-9)18(4-2)8-11(12,13)14/h6-7,15H,3-5,8H2,1-2H3. The molecule has 0 saturated heterocycles. The van der Waals surface area contributed by atoms with Crippen LogP contribution in [0.1, 0.15) is 19.5 Å². The van der Waals surface area contributed by atoms with E-state index < -0.39 is 12.7 Å². The minimum Gasteiger partial charge on any atom is -0.347 e.